The number of nitriles is 1. The van der Waals surface area contributed by atoms with Gasteiger partial charge in [0.15, 0.2) is 0 Å². The lowest BCUT2D eigenvalue weighted by Gasteiger charge is -2.36. The van der Waals surface area contributed by atoms with Gasteiger partial charge in [-0.15, -0.1) is 0 Å². The summed E-state index contributed by atoms with van der Waals surface area (Å²) in [5, 5.41) is 23.6. The molecule has 2 heterocycles. The molecule has 0 amide bonds. The van der Waals surface area contributed by atoms with E-state index in [2.05, 4.69) is 10.2 Å². The minimum atomic E-state index is -0.484. The van der Waals surface area contributed by atoms with Gasteiger partial charge in [0.1, 0.15) is 11.6 Å². The fourth-order valence-corrected chi connectivity index (χ4v) is 3.54. The minimum absolute atomic E-state index is 0.112. The first-order chi connectivity index (χ1) is 10.1. The zero-order valence-electron chi connectivity index (χ0n) is 12.0. The fourth-order valence-electron chi connectivity index (χ4n) is 3.54. The van der Waals surface area contributed by atoms with Crippen molar-refractivity contribution in [1.82, 2.24) is 5.32 Å². The van der Waals surface area contributed by atoms with Crippen molar-refractivity contribution in [1.29, 1.82) is 5.26 Å². The maximum absolute atomic E-state index is 11.1. The van der Waals surface area contributed by atoms with E-state index >= 15 is 0 Å². The Labute approximate surface area is 123 Å². The highest BCUT2D eigenvalue weighted by atomic mass is 16.6. The molecule has 2 unspecified atom stereocenters. The van der Waals surface area contributed by atoms with E-state index in [1.54, 1.807) is 12.1 Å². The van der Waals surface area contributed by atoms with E-state index in [1.165, 1.54) is 18.9 Å². The second-order valence-electron chi connectivity index (χ2n) is 5.94. The van der Waals surface area contributed by atoms with Crippen LogP contribution >= 0.6 is 0 Å². The zero-order chi connectivity index (χ0) is 15.0. The van der Waals surface area contributed by atoms with E-state index in [4.69, 9.17) is 5.26 Å². The summed E-state index contributed by atoms with van der Waals surface area (Å²) in [6.07, 6.45) is 4.59. The first kappa shape index (κ1) is 13.8. The SMILES string of the molecule is CN(c1ccc(C#N)c([N+](=O)[O-])c1)C1CC2CCC(C1)N2. The van der Waals surface area contributed by atoms with E-state index in [9.17, 15) is 10.1 Å². The average Bonchev–Trinajstić information content (AvgIpc) is 2.84. The van der Waals surface area contributed by atoms with E-state index < -0.39 is 4.92 Å². The number of anilines is 1. The highest BCUT2D eigenvalue weighted by molar-refractivity contribution is 5.60. The van der Waals surface area contributed by atoms with E-state index in [1.807, 2.05) is 13.1 Å². The van der Waals surface area contributed by atoms with Crippen LogP contribution in [0.3, 0.4) is 0 Å². The van der Waals surface area contributed by atoms with Gasteiger partial charge in [0.25, 0.3) is 5.69 Å². The molecule has 6 heteroatoms. The van der Waals surface area contributed by atoms with Crippen molar-refractivity contribution in [2.75, 3.05) is 11.9 Å². The van der Waals surface area contributed by atoms with E-state index in [0.717, 1.165) is 18.5 Å². The third-order valence-electron chi connectivity index (χ3n) is 4.70. The third-order valence-corrected chi connectivity index (χ3v) is 4.70. The standard InChI is InChI=1S/C15H18N4O2/c1-18(14-6-11-3-4-12(7-14)17-11)13-5-2-10(9-16)15(8-13)19(20)21/h2,5,8,11-12,14,17H,3-4,6-7H2,1H3. The van der Waals surface area contributed by atoms with Crippen molar-refractivity contribution < 1.29 is 4.92 Å². The van der Waals surface area contributed by atoms with Gasteiger partial charge in [-0.25, -0.2) is 0 Å². The summed E-state index contributed by atoms with van der Waals surface area (Å²) < 4.78 is 0. The number of hydrogen-bond donors (Lipinski definition) is 1. The topological polar surface area (TPSA) is 82.2 Å². The molecular weight excluding hydrogens is 268 g/mol. The summed E-state index contributed by atoms with van der Waals surface area (Å²) >= 11 is 0. The van der Waals surface area contributed by atoms with Crippen molar-refractivity contribution in [2.45, 2.75) is 43.8 Å². The van der Waals surface area contributed by atoms with Crippen LogP contribution in [0.25, 0.3) is 0 Å². The molecular formula is C15H18N4O2. The summed E-state index contributed by atoms with van der Waals surface area (Å²) in [7, 11) is 1.99. The van der Waals surface area contributed by atoms with Crippen LogP contribution in [0.5, 0.6) is 0 Å². The number of piperidine rings is 1. The average molecular weight is 286 g/mol. The Balaban J connectivity index is 1.84. The van der Waals surface area contributed by atoms with E-state index in [0.29, 0.717) is 18.1 Å². The number of rotatable bonds is 3. The zero-order valence-corrected chi connectivity index (χ0v) is 12.0. The number of benzene rings is 1. The molecule has 2 atom stereocenters. The minimum Gasteiger partial charge on any atom is -0.371 e. The first-order valence-electron chi connectivity index (χ1n) is 7.26. The van der Waals surface area contributed by atoms with Crippen LogP contribution in [-0.2, 0) is 0 Å². The largest absolute Gasteiger partial charge is 0.371 e. The van der Waals surface area contributed by atoms with Crippen molar-refractivity contribution in [3.63, 3.8) is 0 Å². The number of nitrogens with one attached hydrogen (secondary N) is 1. The molecule has 6 nitrogen and oxygen atoms in total. The Morgan fingerprint density at radius 1 is 1.38 bits per heavy atom. The van der Waals surface area contributed by atoms with Crippen molar-refractivity contribution in [3.05, 3.63) is 33.9 Å². The number of fused-ring (bicyclic) bond motifs is 2. The molecule has 1 aromatic rings. The molecule has 0 radical (unpaired) electrons. The number of nitrogens with zero attached hydrogens (tertiary/aromatic N) is 3. The summed E-state index contributed by atoms with van der Waals surface area (Å²) in [5.41, 5.74) is 0.813. The molecule has 1 aromatic carbocycles. The second kappa shape index (κ2) is 5.34. The van der Waals surface area contributed by atoms with Gasteiger partial charge in [-0.05, 0) is 37.8 Å². The van der Waals surface area contributed by atoms with E-state index in [-0.39, 0.29) is 11.3 Å². The third kappa shape index (κ3) is 2.57. The molecule has 1 N–H and O–H groups in total. The molecule has 21 heavy (non-hydrogen) atoms. The lowest BCUT2D eigenvalue weighted by atomic mass is 9.98. The van der Waals surface area contributed by atoms with Crippen LogP contribution in [0.1, 0.15) is 31.2 Å². The van der Waals surface area contributed by atoms with Crippen LogP contribution in [0.15, 0.2) is 18.2 Å². The number of hydrogen-bond acceptors (Lipinski definition) is 5. The van der Waals surface area contributed by atoms with Crippen molar-refractivity contribution in [2.24, 2.45) is 0 Å². The monoisotopic (exact) mass is 286 g/mol. The van der Waals surface area contributed by atoms with Crippen LogP contribution in [-0.4, -0.2) is 30.1 Å². The Kier molecular flexibility index (Phi) is 3.52. The Morgan fingerprint density at radius 2 is 2.05 bits per heavy atom. The van der Waals surface area contributed by atoms with Crippen LogP contribution < -0.4 is 10.2 Å². The summed E-state index contributed by atoms with van der Waals surface area (Å²) in [6, 6.07) is 8.28. The van der Waals surface area contributed by atoms with Gasteiger partial charge in [-0.2, -0.15) is 5.26 Å². The molecule has 0 aliphatic carbocycles. The van der Waals surface area contributed by atoms with Gasteiger partial charge in [0.05, 0.1) is 4.92 Å². The highest BCUT2D eigenvalue weighted by Crippen LogP contribution is 2.33. The highest BCUT2D eigenvalue weighted by Gasteiger charge is 2.35. The van der Waals surface area contributed by atoms with Crippen LogP contribution in [0, 0.1) is 21.4 Å². The van der Waals surface area contributed by atoms with Crippen molar-refractivity contribution in [3.8, 4) is 6.07 Å². The smallest absolute Gasteiger partial charge is 0.289 e. The molecule has 110 valence electrons. The molecule has 2 bridgehead atoms. The molecule has 2 aliphatic rings. The van der Waals surface area contributed by atoms with Gasteiger partial charge in [-0.3, -0.25) is 10.1 Å². The molecule has 2 saturated heterocycles. The summed E-state index contributed by atoms with van der Waals surface area (Å²) in [6.45, 7) is 0. The maximum Gasteiger partial charge on any atom is 0.289 e. The molecule has 0 saturated carbocycles. The van der Waals surface area contributed by atoms with Crippen molar-refractivity contribution >= 4 is 11.4 Å². The van der Waals surface area contributed by atoms with Gasteiger partial charge in [-0.1, -0.05) is 0 Å². The normalized spacial score (nSPS) is 27.1. The molecule has 3 rings (SSSR count). The molecule has 2 fully saturated rings. The molecule has 0 aromatic heterocycles. The Bertz CT molecular complexity index is 598. The lowest BCUT2D eigenvalue weighted by molar-refractivity contribution is -0.385. The quantitative estimate of drug-likeness (QED) is 0.680. The lowest BCUT2D eigenvalue weighted by Crippen LogP contribution is -2.47. The summed E-state index contributed by atoms with van der Waals surface area (Å²) in [5.74, 6) is 0. The predicted molar refractivity (Wildman–Crippen MR) is 79.2 cm³/mol. The second-order valence-corrected chi connectivity index (χ2v) is 5.94. The fraction of sp³-hybridized carbons (Fsp3) is 0.533. The van der Waals surface area contributed by atoms with Gasteiger partial charge in [0, 0.05) is 36.9 Å². The van der Waals surface area contributed by atoms with Gasteiger partial charge >= 0.3 is 0 Å². The molecule has 2 aliphatic heterocycles. The van der Waals surface area contributed by atoms with Crippen LogP contribution in [0.2, 0.25) is 0 Å². The Hall–Kier alpha value is -2.13. The van der Waals surface area contributed by atoms with Gasteiger partial charge < -0.3 is 10.2 Å². The van der Waals surface area contributed by atoms with Gasteiger partial charge in [0.2, 0.25) is 0 Å². The number of nitro groups is 1. The first-order valence-corrected chi connectivity index (χ1v) is 7.26. The van der Waals surface area contributed by atoms with Crippen LogP contribution in [0.4, 0.5) is 11.4 Å². The molecule has 0 spiro atoms. The Morgan fingerprint density at radius 3 is 2.62 bits per heavy atom. The number of nitro benzene ring substituents is 1. The summed E-state index contributed by atoms with van der Waals surface area (Å²) in [4.78, 5) is 12.7. The maximum atomic E-state index is 11.1. The predicted octanol–water partition coefficient (Wildman–Crippen LogP) is 2.19.